The smallest absolute Gasteiger partial charge is 0.326 e. The van der Waals surface area contributed by atoms with Crippen molar-refractivity contribution >= 4 is 11.9 Å². The van der Waals surface area contributed by atoms with Crippen LogP contribution in [-0.2, 0) is 9.59 Å². The average molecular weight is 469 g/mol. The maximum atomic E-state index is 14.0. The van der Waals surface area contributed by atoms with Crippen molar-refractivity contribution in [3.63, 3.8) is 0 Å². The number of benzene rings is 3. The van der Waals surface area contributed by atoms with Crippen LogP contribution < -0.4 is 0 Å². The molecule has 2 heterocycles. The Morgan fingerprint density at radius 2 is 1.37 bits per heavy atom. The molecular formula is C30H32N2O3. The Balaban J connectivity index is 1.39. The maximum absolute atomic E-state index is 14.0. The summed E-state index contributed by atoms with van der Waals surface area (Å²) < 4.78 is 0. The van der Waals surface area contributed by atoms with E-state index in [0.717, 1.165) is 37.1 Å². The number of piperidine rings is 1. The molecule has 0 bridgehead atoms. The summed E-state index contributed by atoms with van der Waals surface area (Å²) in [5, 5.41) is 10.1. The van der Waals surface area contributed by atoms with Gasteiger partial charge in [0.15, 0.2) is 0 Å². The molecule has 2 fully saturated rings. The largest absolute Gasteiger partial charge is 0.480 e. The number of hydrogen-bond acceptors (Lipinski definition) is 3. The van der Waals surface area contributed by atoms with Gasteiger partial charge in [-0.05, 0) is 48.4 Å². The predicted octanol–water partition coefficient (Wildman–Crippen LogP) is 4.75. The zero-order valence-corrected chi connectivity index (χ0v) is 19.9. The lowest BCUT2D eigenvalue weighted by molar-refractivity contribution is -0.148. The standard InChI is InChI=1S/C30H32N2O3/c33-29(28(23-13-6-2-7-14-23)24-15-8-3-9-16-24)32-21-26(19-27(32)30(34)35)31-18-10-17-25(20-31)22-11-4-1-5-12-22/h1-9,11-16,25-28H,10,17-21H2,(H,34,35)/t25-,26-,27+/m0/s1. The van der Waals surface area contributed by atoms with E-state index in [4.69, 9.17) is 0 Å². The van der Waals surface area contributed by atoms with Crippen LogP contribution in [0.2, 0.25) is 0 Å². The molecule has 1 amide bonds. The number of nitrogens with zero attached hydrogens (tertiary/aromatic N) is 2. The molecule has 0 saturated carbocycles. The first-order valence-corrected chi connectivity index (χ1v) is 12.5. The van der Waals surface area contributed by atoms with Crippen molar-refractivity contribution in [3.05, 3.63) is 108 Å². The Kier molecular flexibility index (Phi) is 6.96. The highest BCUT2D eigenvalue weighted by Crippen LogP contribution is 2.34. The van der Waals surface area contributed by atoms with Gasteiger partial charge in [-0.25, -0.2) is 4.79 Å². The molecule has 3 aromatic carbocycles. The van der Waals surface area contributed by atoms with Gasteiger partial charge in [0.25, 0.3) is 0 Å². The summed E-state index contributed by atoms with van der Waals surface area (Å²) in [6, 6.07) is 29.2. The van der Waals surface area contributed by atoms with E-state index in [1.54, 1.807) is 4.90 Å². The number of carbonyl (C=O) groups excluding carboxylic acids is 1. The molecule has 2 aliphatic rings. The van der Waals surface area contributed by atoms with Crippen LogP contribution >= 0.6 is 0 Å². The van der Waals surface area contributed by atoms with Gasteiger partial charge in [-0.3, -0.25) is 9.69 Å². The second-order valence-electron chi connectivity index (χ2n) is 9.73. The molecule has 5 nitrogen and oxygen atoms in total. The Bertz CT molecular complexity index is 1100. The molecule has 0 radical (unpaired) electrons. The van der Waals surface area contributed by atoms with Gasteiger partial charge in [-0.15, -0.1) is 0 Å². The van der Waals surface area contributed by atoms with E-state index in [0.29, 0.717) is 18.9 Å². The molecule has 5 heteroatoms. The molecule has 2 saturated heterocycles. The quantitative estimate of drug-likeness (QED) is 0.567. The zero-order valence-electron chi connectivity index (χ0n) is 19.9. The van der Waals surface area contributed by atoms with Gasteiger partial charge in [0.1, 0.15) is 6.04 Å². The first-order chi connectivity index (χ1) is 17.1. The molecule has 35 heavy (non-hydrogen) atoms. The molecule has 3 atom stereocenters. The summed E-state index contributed by atoms with van der Waals surface area (Å²) in [4.78, 5) is 30.4. The number of hydrogen-bond donors (Lipinski definition) is 1. The number of aliphatic carboxylic acids is 1. The highest BCUT2D eigenvalue weighted by molar-refractivity contribution is 5.91. The lowest BCUT2D eigenvalue weighted by atomic mass is 9.89. The minimum atomic E-state index is -0.919. The van der Waals surface area contributed by atoms with Crippen LogP contribution in [-0.4, -0.2) is 58.5 Å². The molecule has 0 aromatic heterocycles. The predicted molar refractivity (Wildman–Crippen MR) is 136 cm³/mol. The first-order valence-electron chi connectivity index (χ1n) is 12.5. The van der Waals surface area contributed by atoms with Crippen LogP contribution in [0.4, 0.5) is 0 Å². The first kappa shape index (κ1) is 23.3. The third-order valence-electron chi connectivity index (χ3n) is 7.60. The van der Waals surface area contributed by atoms with Crippen molar-refractivity contribution in [2.45, 2.75) is 43.2 Å². The van der Waals surface area contributed by atoms with Gasteiger partial charge < -0.3 is 10.0 Å². The molecule has 0 unspecified atom stereocenters. The van der Waals surface area contributed by atoms with Crippen LogP contribution in [0.5, 0.6) is 0 Å². The molecule has 5 rings (SSSR count). The fourth-order valence-corrected chi connectivity index (χ4v) is 5.83. The van der Waals surface area contributed by atoms with Gasteiger partial charge in [0, 0.05) is 19.1 Å². The van der Waals surface area contributed by atoms with E-state index in [9.17, 15) is 14.7 Å². The van der Waals surface area contributed by atoms with Crippen LogP contribution in [0.15, 0.2) is 91.0 Å². The van der Waals surface area contributed by atoms with E-state index in [-0.39, 0.29) is 11.9 Å². The highest BCUT2D eigenvalue weighted by atomic mass is 16.4. The third kappa shape index (κ3) is 5.01. The highest BCUT2D eigenvalue weighted by Gasteiger charge is 2.44. The zero-order chi connectivity index (χ0) is 24.2. The fourth-order valence-electron chi connectivity index (χ4n) is 5.83. The van der Waals surface area contributed by atoms with E-state index in [2.05, 4.69) is 29.2 Å². The molecular weight excluding hydrogens is 436 g/mol. The lowest BCUT2D eigenvalue weighted by Crippen LogP contribution is -2.45. The summed E-state index contributed by atoms with van der Waals surface area (Å²) in [6.45, 7) is 2.31. The Labute approximate surface area is 207 Å². The van der Waals surface area contributed by atoms with Gasteiger partial charge in [0.2, 0.25) is 5.91 Å². The Morgan fingerprint density at radius 3 is 1.94 bits per heavy atom. The fraction of sp³-hybridized carbons (Fsp3) is 0.333. The monoisotopic (exact) mass is 468 g/mol. The van der Waals surface area contributed by atoms with Crippen molar-refractivity contribution in [2.24, 2.45) is 0 Å². The Morgan fingerprint density at radius 1 is 0.800 bits per heavy atom. The van der Waals surface area contributed by atoms with E-state index < -0.39 is 17.9 Å². The molecule has 180 valence electrons. The van der Waals surface area contributed by atoms with Crippen molar-refractivity contribution in [2.75, 3.05) is 19.6 Å². The van der Waals surface area contributed by atoms with Crippen molar-refractivity contribution < 1.29 is 14.7 Å². The molecule has 3 aromatic rings. The minimum absolute atomic E-state index is 0.0544. The van der Waals surface area contributed by atoms with Crippen molar-refractivity contribution in [1.29, 1.82) is 0 Å². The molecule has 0 spiro atoms. The molecule has 2 aliphatic heterocycles. The van der Waals surface area contributed by atoms with Crippen LogP contribution in [0.25, 0.3) is 0 Å². The summed E-state index contributed by atoms with van der Waals surface area (Å²) in [5.74, 6) is -1.12. The van der Waals surface area contributed by atoms with Crippen molar-refractivity contribution in [3.8, 4) is 0 Å². The Hall–Kier alpha value is -3.44. The summed E-state index contributed by atoms with van der Waals surface area (Å²) in [6.07, 6.45) is 2.69. The summed E-state index contributed by atoms with van der Waals surface area (Å²) in [5.41, 5.74) is 3.11. The van der Waals surface area contributed by atoms with Gasteiger partial charge >= 0.3 is 5.97 Å². The topological polar surface area (TPSA) is 60.9 Å². The van der Waals surface area contributed by atoms with Gasteiger partial charge in [-0.2, -0.15) is 0 Å². The minimum Gasteiger partial charge on any atom is -0.480 e. The van der Waals surface area contributed by atoms with Crippen LogP contribution in [0.1, 0.15) is 47.8 Å². The molecule has 1 N–H and O–H groups in total. The second kappa shape index (κ2) is 10.4. The maximum Gasteiger partial charge on any atom is 0.326 e. The number of amides is 1. The number of rotatable bonds is 6. The average Bonchev–Trinajstić information content (AvgIpc) is 3.37. The van der Waals surface area contributed by atoms with Crippen LogP contribution in [0.3, 0.4) is 0 Å². The van der Waals surface area contributed by atoms with Crippen LogP contribution in [0, 0.1) is 0 Å². The normalized spacial score (nSPS) is 22.9. The number of likely N-dealkylation sites (tertiary alicyclic amines) is 2. The number of carbonyl (C=O) groups is 2. The lowest BCUT2D eigenvalue weighted by Gasteiger charge is -2.37. The SMILES string of the molecule is O=C(O)[C@H]1C[C@H](N2CCC[C@H](c3ccccc3)C2)CN1C(=O)C(c1ccccc1)c1ccccc1. The third-order valence-corrected chi connectivity index (χ3v) is 7.60. The summed E-state index contributed by atoms with van der Waals surface area (Å²) >= 11 is 0. The number of carboxylic acid groups (broad SMARTS) is 1. The second-order valence-corrected chi connectivity index (χ2v) is 9.73. The van der Waals surface area contributed by atoms with Gasteiger partial charge in [-0.1, -0.05) is 91.0 Å². The van der Waals surface area contributed by atoms with E-state index >= 15 is 0 Å². The number of carboxylic acids is 1. The van der Waals surface area contributed by atoms with E-state index in [1.165, 1.54) is 5.56 Å². The summed E-state index contributed by atoms with van der Waals surface area (Å²) in [7, 11) is 0. The van der Waals surface area contributed by atoms with E-state index in [1.807, 2.05) is 66.7 Å². The van der Waals surface area contributed by atoms with Gasteiger partial charge in [0.05, 0.1) is 5.92 Å². The molecule has 0 aliphatic carbocycles. The van der Waals surface area contributed by atoms with Crippen molar-refractivity contribution in [1.82, 2.24) is 9.80 Å².